The number of halogens is 2. The molecule has 0 bridgehead atoms. The van der Waals surface area contributed by atoms with Gasteiger partial charge in [0, 0.05) is 44.5 Å². The highest BCUT2D eigenvalue weighted by Crippen LogP contribution is 2.26. The number of imidazole rings is 1. The summed E-state index contributed by atoms with van der Waals surface area (Å²) in [5.74, 6) is -2.21. The number of carbonyl (C=O) groups is 1. The second-order valence-corrected chi connectivity index (χ2v) is 8.60. The lowest BCUT2D eigenvalue weighted by Gasteiger charge is -2.30. The number of aryl methyl sites for hydroxylation is 1. The maximum atomic E-state index is 13.9. The maximum absolute atomic E-state index is 13.9. The first-order valence-electron chi connectivity index (χ1n) is 9.06. The molecule has 3 rings (SSSR count). The molecule has 2 aromatic rings. The number of carbonyl (C=O) groups excluding carboxylic acids is 1. The molecule has 1 aromatic carbocycles. The Balaban J connectivity index is 1.49. The highest BCUT2D eigenvalue weighted by molar-refractivity contribution is 7.89. The molecule has 1 aliphatic rings. The van der Waals surface area contributed by atoms with E-state index in [1.54, 1.807) is 12.5 Å². The van der Waals surface area contributed by atoms with Crippen molar-refractivity contribution in [3.63, 3.8) is 0 Å². The normalized spacial score (nSPS) is 16.2. The Kier molecular flexibility index (Phi) is 6.40. The van der Waals surface area contributed by atoms with Crippen LogP contribution in [0.5, 0.6) is 0 Å². The van der Waals surface area contributed by atoms with Crippen LogP contribution < -0.4 is 5.32 Å². The minimum atomic E-state index is -4.13. The van der Waals surface area contributed by atoms with Gasteiger partial charge in [-0.15, -0.1) is 0 Å². The monoisotopic (exact) mass is 412 g/mol. The Morgan fingerprint density at radius 1 is 1.25 bits per heavy atom. The lowest BCUT2D eigenvalue weighted by Crippen LogP contribution is -2.43. The van der Waals surface area contributed by atoms with E-state index in [9.17, 15) is 22.0 Å². The van der Waals surface area contributed by atoms with Crippen LogP contribution in [0.15, 0.2) is 41.8 Å². The summed E-state index contributed by atoms with van der Waals surface area (Å²) < 4.78 is 55.4. The molecule has 2 heterocycles. The molecule has 0 saturated carbocycles. The second kappa shape index (κ2) is 8.78. The number of piperidine rings is 1. The molecule has 1 aromatic heterocycles. The van der Waals surface area contributed by atoms with E-state index >= 15 is 0 Å². The van der Waals surface area contributed by atoms with Crippen molar-refractivity contribution >= 4 is 15.9 Å². The average Bonchev–Trinajstić information content (AvgIpc) is 3.20. The number of sulfonamides is 1. The first kappa shape index (κ1) is 20.4. The molecule has 0 unspecified atom stereocenters. The molecule has 0 aliphatic carbocycles. The fourth-order valence-electron chi connectivity index (χ4n) is 3.21. The van der Waals surface area contributed by atoms with Crippen molar-refractivity contribution < 1.29 is 22.0 Å². The minimum Gasteiger partial charge on any atom is -0.356 e. The summed E-state index contributed by atoms with van der Waals surface area (Å²) >= 11 is 0. The molecule has 0 radical (unpaired) electrons. The summed E-state index contributed by atoms with van der Waals surface area (Å²) in [5, 5.41) is 2.87. The van der Waals surface area contributed by atoms with E-state index in [2.05, 4.69) is 10.3 Å². The Labute approximate surface area is 162 Å². The van der Waals surface area contributed by atoms with Gasteiger partial charge < -0.3 is 9.88 Å². The molecular formula is C18H22F2N4O3S. The molecule has 1 saturated heterocycles. The molecule has 1 amide bonds. The number of hydrogen-bond acceptors (Lipinski definition) is 4. The number of hydrogen-bond donors (Lipinski definition) is 1. The summed E-state index contributed by atoms with van der Waals surface area (Å²) in [5.41, 5.74) is 0. The molecular weight excluding hydrogens is 390 g/mol. The van der Waals surface area contributed by atoms with Gasteiger partial charge in [-0.2, -0.15) is 4.31 Å². The molecule has 1 N–H and O–H groups in total. The molecule has 28 heavy (non-hydrogen) atoms. The first-order chi connectivity index (χ1) is 13.4. The third kappa shape index (κ3) is 4.74. The van der Waals surface area contributed by atoms with Gasteiger partial charge in [0.05, 0.1) is 6.33 Å². The van der Waals surface area contributed by atoms with Crippen LogP contribution in [-0.4, -0.2) is 47.8 Å². The highest BCUT2D eigenvalue weighted by Gasteiger charge is 2.33. The standard InChI is InChI=1S/C18H22F2N4O3S/c19-15-2-3-16(20)17(12-15)28(26,27)24-9-4-14(5-10-24)18(25)22-6-1-8-23-11-7-21-13-23/h2-3,7,11-14H,1,4-6,8-10H2,(H,22,25). The molecule has 7 nitrogen and oxygen atoms in total. The predicted octanol–water partition coefficient (Wildman–Crippen LogP) is 1.77. The molecule has 0 spiro atoms. The van der Waals surface area contributed by atoms with E-state index in [0.717, 1.165) is 29.4 Å². The number of aromatic nitrogens is 2. The largest absolute Gasteiger partial charge is 0.356 e. The number of nitrogens with zero attached hydrogens (tertiary/aromatic N) is 3. The highest BCUT2D eigenvalue weighted by atomic mass is 32.2. The molecule has 0 atom stereocenters. The average molecular weight is 412 g/mol. The lowest BCUT2D eigenvalue weighted by molar-refractivity contribution is -0.126. The summed E-state index contributed by atoms with van der Waals surface area (Å²) in [7, 11) is -4.13. The Hall–Kier alpha value is -2.33. The van der Waals surface area contributed by atoms with E-state index in [4.69, 9.17) is 0 Å². The van der Waals surface area contributed by atoms with Crippen LogP contribution in [0.4, 0.5) is 8.78 Å². The smallest absolute Gasteiger partial charge is 0.246 e. The first-order valence-corrected chi connectivity index (χ1v) is 10.5. The van der Waals surface area contributed by atoms with Gasteiger partial charge in [-0.3, -0.25) is 4.79 Å². The van der Waals surface area contributed by atoms with Gasteiger partial charge in [-0.1, -0.05) is 0 Å². The fraction of sp³-hybridized carbons (Fsp3) is 0.444. The Morgan fingerprint density at radius 2 is 2.00 bits per heavy atom. The summed E-state index contributed by atoms with van der Waals surface area (Å²) in [6.45, 7) is 1.44. The van der Waals surface area contributed by atoms with Gasteiger partial charge in [0.1, 0.15) is 16.5 Å². The van der Waals surface area contributed by atoms with Crippen LogP contribution in [0.1, 0.15) is 19.3 Å². The third-order valence-electron chi connectivity index (χ3n) is 4.79. The zero-order valence-electron chi connectivity index (χ0n) is 15.2. The minimum absolute atomic E-state index is 0.0887. The van der Waals surface area contributed by atoms with Crippen LogP contribution in [0.2, 0.25) is 0 Å². The van der Waals surface area contributed by atoms with Crippen molar-refractivity contribution in [1.29, 1.82) is 0 Å². The van der Waals surface area contributed by atoms with Crippen LogP contribution in [0, 0.1) is 17.6 Å². The van der Waals surface area contributed by atoms with Crippen molar-refractivity contribution in [2.24, 2.45) is 5.92 Å². The second-order valence-electron chi connectivity index (χ2n) is 6.70. The number of rotatable bonds is 7. The summed E-state index contributed by atoms with van der Waals surface area (Å²) in [4.78, 5) is 15.6. The SMILES string of the molecule is O=C(NCCCn1ccnc1)C1CCN(S(=O)(=O)c2cc(F)ccc2F)CC1. The van der Waals surface area contributed by atoms with Gasteiger partial charge >= 0.3 is 0 Å². The van der Waals surface area contributed by atoms with E-state index in [1.807, 2.05) is 10.8 Å². The Bertz CT molecular complexity index is 911. The summed E-state index contributed by atoms with van der Waals surface area (Å²) in [6, 6.07) is 2.35. The molecule has 1 fully saturated rings. The van der Waals surface area contributed by atoms with Gasteiger partial charge in [-0.05, 0) is 37.5 Å². The van der Waals surface area contributed by atoms with E-state index in [0.29, 0.717) is 25.5 Å². The van der Waals surface area contributed by atoms with Crippen LogP contribution >= 0.6 is 0 Å². The third-order valence-corrected chi connectivity index (χ3v) is 6.70. The van der Waals surface area contributed by atoms with Crippen LogP contribution in [0.3, 0.4) is 0 Å². The predicted molar refractivity (Wildman–Crippen MR) is 97.7 cm³/mol. The van der Waals surface area contributed by atoms with Crippen molar-refractivity contribution in [2.75, 3.05) is 19.6 Å². The van der Waals surface area contributed by atoms with Crippen molar-refractivity contribution in [2.45, 2.75) is 30.7 Å². The van der Waals surface area contributed by atoms with Gasteiger partial charge in [0.2, 0.25) is 15.9 Å². The van der Waals surface area contributed by atoms with E-state index < -0.39 is 26.6 Å². The van der Waals surface area contributed by atoms with Crippen molar-refractivity contribution in [3.8, 4) is 0 Å². The zero-order valence-corrected chi connectivity index (χ0v) is 16.0. The van der Waals surface area contributed by atoms with Gasteiger partial charge in [0.15, 0.2) is 0 Å². The lowest BCUT2D eigenvalue weighted by atomic mass is 9.97. The van der Waals surface area contributed by atoms with Crippen LogP contribution in [-0.2, 0) is 21.4 Å². The van der Waals surface area contributed by atoms with Crippen molar-refractivity contribution in [3.05, 3.63) is 48.6 Å². The van der Waals surface area contributed by atoms with Crippen LogP contribution in [0.25, 0.3) is 0 Å². The van der Waals surface area contributed by atoms with Gasteiger partial charge in [0.25, 0.3) is 0 Å². The maximum Gasteiger partial charge on any atom is 0.246 e. The van der Waals surface area contributed by atoms with E-state index in [-0.39, 0.29) is 24.9 Å². The summed E-state index contributed by atoms with van der Waals surface area (Å²) in [6.07, 6.45) is 6.68. The van der Waals surface area contributed by atoms with E-state index in [1.165, 1.54) is 0 Å². The molecule has 1 aliphatic heterocycles. The number of amides is 1. The Morgan fingerprint density at radius 3 is 2.68 bits per heavy atom. The van der Waals surface area contributed by atoms with Crippen molar-refractivity contribution in [1.82, 2.24) is 19.2 Å². The molecule has 10 heteroatoms. The zero-order chi connectivity index (χ0) is 20.1. The molecule has 152 valence electrons. The number of benzene rings is 1. The topological polar surface area (TPSA) is 84.3 Å². The number of nitrogens with one attached hydrogen (secondary N) is 1. The quantitative estimate of drug-likeness (QED) is 0.703. The fourth-order valence-corrected chi connectivity index (χ4v) is 4.75. The van der Waals surface area contributed by atoms with Gasteiger partial charge in [-0.25, -0.2) is 22.2 Å².